The molecule has 0 aliphatic rings. The van der Waals surface area contributed by atoms with Crippen LogP contribution >= 0.6 is 0 Å². The number of ether oxygens (including phenoxy) is 6. The van der Waals surface area contributed by atoms with Crippen LogP contribution in [0.1, 0.15) is 80.2 Å². The lowest BCUT2D eigenvalue weighted by Gasteiger charge is -2.42. The first-order chi connectivity index (χ1) is 27.1. The van der Waals surface area contributed by atoms with Crippen LogP contribution in [0.15, 0.2) is 72.9 Å². The van der Waals surface area contributed by atoms with E-state index in [0.717, 1.165) is 24.0 Å². The summed E-state index contributed by atoms with van der Waals surface area (Å²) in [6.07, 6.45) is 18.1. The first-order valence-corrected chi connectivity index (χ1v) is 26.3. The molecule has 0 bridgehead atoms. The fourth-order valence-corrected chi connectivity index (χ4v) is 8.14. The summed E-state index contributed by atoms with van der Waals surface area (Å²) in [7, 11) is 2.62. The molecule has 12 heteroatoms. The Morgan fingerprint density at radius 2 is 1.57 bits per heavy atom. The molecular weight excluding hydrogens is 767 g/mol. The van der Waals surface area contributed by atoms with Gasteiger partial charge in [0.05, 0.1) is 38.2 Å². The molecule has 330 valence electrons. The maximum Gasteiger partial charge on any atom is 0.412 e. The molecule has 58 heavy (non-hydrogen) atoms. The van der Waals surface area contributed by atoms with Crippen LogP contribution in [0.2, 0.25) is 36.3 Å². The van der Waals surface area contributed by atoms with E-state index in [4.69, 9.17) is 37.3 Å². The molecular formula is C46H79NO9Si2. The highest BCUT2D eigenvalue weighted by atomic mass is 28.4. The van der Waals surface area contributed by atoms with E-state index in [9.17, 15) is 4.79 Å². The average molecular weight is 846 g/mol. The Labute approximate surface area is 354 Å². The Bertz CT molecular complexity index is 1510. The zero-order chi connectivity index (χ0) is 44.2. The highest BCUT2D eigenvalue weighted by Gasteiger charge is 2.41. The number of carbonyl (C=O) groups excluding carboxylic acids is 1. The summed E-state index contributed by atoms with van der Waals surface area (Å²) < 4.78 is 47.4. The van der Waals surface area contributed by atoms with Crippen LogP contribution in [0.4, 0.5) is 10.5 Å². The summed E-state index contributed by atoms with van der Waals surface area (Å²) in [6.45, 7) is 31.6. The van der Waals surface area contributed by atoms with Crippen molar-refractivity contribution in [1.29, 1.82) is 0 Å². The number of hydrogen-bond donors (Lipinski definition) is 1. The van der Waals surface area contributed by atoms with Crippen LogP contribution in [0, 0.1) is 5.92 Å². The molecule has 0 aliphatic heterocycles. The van der Waals surface area contributed by atoms with Crippen LogP contribution in [0.3, 0.4) is 0 Å². The molecule has 0 heterocycles. The van der Waals surface area contributed by atoms with Gasteiger partial charge >= 0.3 is 6.09 Å². The van der Waals surface area contributed by atoms with E-state index in [1.165, 1.54) is 6.08 Å². The van der Waals surface area contributed by atoms with Crippen LogP contribution in [0.5, 0.6) is 11.5 Å². The van der Waals surface area contributed by atoms with Crippen molar-refractivity contribution in [1.82, 2.24) is 0 Å². The molecule has 4 atom stereocenters. The van der Waals surface area contributed by atoms with Crippen molar-refractivity contribution >= 4 is 28.4 Å². The minimum absolute atomic E-state index is 0.00725. The summed E-state index contributed by atoms with van der Waals surface area (Å²) >= 11 is 0. The number of hydrogen-bond acceptors (Lipinski definition) is 9. The normalized spacial score (nSPS) is 15.5. The maximum atomic E-state index is 12.4. The summed E-state index contributed by atoms with van der Waals surface area (Å²) in [5.41, 5.74) is 2.43. The van der Waals surface area contributed by atoms with E-state index in [2.05, 4.69) is 118 Å². The van der Waals surface area contributed by atoms with E-state index in [1.54, 1.807) is 34.5 Å². The summed E-state index contributed by atoms with van der Waals surface area (Å²) in [5, 5.41) is 2.98. The molecule has 0 saturated heterocycles. The summed E-state index contributed by atoms with van der Waals surface area (Å²) in [6, 6.07) is 3.63. The summed E-state index contributed by atoms with van der Waals surface area (Å²) in [5.74, 6) is 1.15. The van der Waals surface area contributed by atoms with E-state index >= 15 is 0 Å². The first-order valence-electron chi connectivity index (χ1n) is 20.5. The predicted molar refractivity (Wildman–Crippen MR) is 245 cm³/mol. The molecule has 0 fully saturated rings. The molecule has 10 nitrogen and oxygen atoms in total. The van der Waals surface area contributed by atoms with Crippen molar-refractivity contribution in [2.75, 3.05) is 53.8 Å². The van der Waals surface area contributed by atoms with Gasteiger partial charge in [0.25, 0.3) is 0 Å². The minimum Gasteiger partial charge on any atom is -0.497 e. The van der Waals surface area contributed by atoms with Crippen LogP contribution in [0.25, 0.3) is 0 Å². The van der Waals surface area contributed by atoms with Gasteiger partial charge in [-0.15, -0.1) is 0 Å². The van der Waals surface area contributed by atoms with Gasteiger partial charge in [0.1, 0.15) is 24.9 Å². The van der Waals surface area contributed by atoms with Gasteiger partial charge in [-0.2, -0.15) is 0 Å². The highest BCUT2D eigenvalue weighted by Crippen LogP contribution is 2.40. The van der Waals surface area contributed by atoms with Gasteiger partial charge in [-0.1, -0.05) is 104 Å². The Morgan fingerprint density at radius 3 is 2.14 bits per heavy atom. The van der Waals surface area contributed by atoms with Crippen molar-refractivity contribution < 1.29 is 42.1 Å². The molecule has 1 aromatic rings. The van der Waals surface area contributed by atoms with Crippen molar-refractivity contribution in [3.63, 3.8) is 0 Å². The SMILES string of the molecule is C=CCOC(=O)Nc1cc(OC)cc(CC/C=C(/C)[C@H](OCOC)[C@@H](C)[C@H](C/C=C/C=C/C=C/[C@@H](CCO[Si](C)(C)C(C)(C)C)OC)O[Si](C)(C)C(C)(C)C)c1OC. The first kappa shape index (κ1) is 53.0. The van der Waals surface area contributed by atoms with Crippen LogP contribution in [-0.4, -0.2) is 89.5 Å². The minimum atomic E-state index is -2.15. The number of methoxy groups -OCH3 is 4. The van der Waals surface area contributed by atoms with Gasteiger partial charge in [-0.25, -0.2) is 4.79 Å². The lowest BCUT2D eigenvalue weighted by atomic mass is 9.90. The molecule has 1 amide bonds. The number of amides is 1. The largest absolute Gasteiger partial charge is 0.497 e. The van der Waals surface area contributed by atoms with Gasteiger partial charge in [0.15, 0.2) is 16.6 Å². The lowest BCUT2D eigenvalue weighted by molar-refractivity contribution is -0.0899. The number of rotatable bonds is 26. The smallest absolute Gasteiger partial charge is 0.412 e. The third-order valence-corrected chi connectivity index (χ3v) is 20.3. The number of aryl methyl sites for hydroxylation is 1. The standard InChI is InChI=1S/C46H79NO9Si2/c1-18-30-53-44(48)47-40-33-39(51-12)32-37(43(40)52-13)26-24-25-35(2)42(54-34-49-10)36(3)41(56-58(16,17)46(7,8)9)28-23-21-19-20-22-27-38(50-11)29-31-55-57(14,15)45(4,5)6/h18-23,25,27,32-33,36,38,41-42H,1,24,26,28-31,34H2,2-17H3,(H,47,48)/b20-19+,23-21+,27-22+,35-25-/t36-,38-,41-,42-/m0/s1. The topological polar surface area (TPSA) is 103 Å². The molecule has 0 aliphatic carbocycles. The van der Waals surface area contributed by atoms with Gasteiger partial charge in [-0.05, 0) is 80.5 Å². The van der Waals surface area contributed by atoms with E-state index in [1.807, 2.05) is 24.3 Å². The molecule has 0 unspecified atom stereocenters. The molecule has 0 aromatic heterocycles. The Balaban J connectivity index is 3.24. The Hall–Kier alpha value is -2.98. The van der Waals surface area contributed by atoms with Crippen molar-refractivity contribution in [2.45, 2.75) is 136 Å². The van der Waals surface area contributed by atoms with E-state index in [-0.39, 0.29) is 47.7 Å². The second-order valence-corrected chi connectivity index (χ2v) is 27.3. The number of allylic oxidation sites excluding steroid dienone is 5. The monoisotopic (exact) mass is 846 g/mol. The van der Waals surface area contributed by atoms with E-state index in [0.29, 0.717) is 36.6 Å². The van der Waals surface area contributed by atoms with Crippen LogP contribution < -0.4 is 14.8 Å². The fourth-order valence-electron chi connectivity index (χ4n) is 5.66. The second kappa shape index (κ2) is 25.6. The number of anilines is 1. The quantitative estimate of drug-likeness (QED) is 0.0422. The Morgan fingerprint density at radius 1 is 0.914 bits per heavy atom. The molecule has 1 rings (SSSR count). The Kier molecular flexibility index (Phi) is 23.4. The molecule has 0 radical (unpaired) electrons. The molecule has 0 saturated carbocycles. The zero-order valence-electron chi connectivity index (χ0n) is 38.9. The van der Waals surface area contributed by atoms with Gasteiger partial charge in [0, 0.05) is 38.4 Å². The second-order valence-electron chi connectivity index (χ2n) is 17.7. The van der Waals surface area contributed by atoms with Gasteiger partial charge in [0.2, 0.25) is 0 Å². The fraction of sp³-hybridized carbons (Fsp3) is 0.630. The predicted octanol–water partition coefficient (Wildman–Crippen LogP) is 11.8. The lowest BCUT2D eigenvalue weighted by Crippen LogP contribution is -2.47. The maximum absolute atomic E-state index is 12.4. The summed E-state index contributed by atoms with van der Waals surface area (Å²) in [4.78, 5) is 12.4. The number of carbonyl (C=O) groups is 1. The average Bonchev–Trinajstić information content (AvgIpc) is 3.14. The third-order valence-electron chi connectivity index (χ3n) is 11.3. The van der Waals surface area contributed by atoms with Crippen LogP contribution in [-0.2, 0) is 34.2 Å². The van der Waals surface area contributed by atoms with Gasteiger partial charge in [-0.3, -0.25) is 5.32 Å². The van der Waals surface area contributed by atoms with Crippen molar-refractivity contribution in [3.05, 3.63) is 78.5 Å². The van der Waals surface area contributed by atoms with Crippen molar-refractivity contribution in [3.8, 4) is 11.5 Å². The molecule has 1 N–H and O–H groups in total. The van der Waals surface area contributed by atoms with Gasteiger partial charge < -0.3 is 37.3 Å². The van der Waals surface area contributed by atoms with E-state index < -0.39 is 22.7 Å². The highest BCUT2D eigenvalue weighted by molar-refractivity contribution is 6.74. The zero-order valence-corrected chi connectivity index (χ0v) is 40.9. The third kappa shape index (κ3) is 18.1. The molecule has 0 spiro atoms. The van der Waals surface area contributed by atoms with Crippen molar-refractivity contribution in [2.24, 2.45) is 5.92 Å². The molecule has 1 aromatic carbocycles. The number of benzene rings is 1. The number of nitrogens with one attached hydrogen (secondary N) is 1.